The van der Waals surface area contributed by atoms with Crippen molar-refractivity contribution in [3.63, 3.8) is 0 Å². The number of benzene rings is 1. The van der Waals surface area contributed by atoms with Gasteiger partial charge in [0.25, 0.3) is 5.91 Å². The summed E-state index contributed by atoms with van der Waals surface area (Å²) in [5.41, 5.74) is 1.70. The summed E-state index contributed by atoms with van der Waals surface area (Å²) < 4.78 is 0. The van der Waals surface area contributed by atoms with Gasteiger partial charge < -0.3 is 10.2 Å². The van der Waals surface area contributed by atoms with Crippen molar-refractivity contribution in [2.24, 2.45) is 5.92 Å². The highest BCUT2D eigenvalue weighted by atomic mass is 35.5. The Balaban J connectivity index is 2.66. The van der Waals surface area contributed by atoms with E-state index >= 15 is 0 Å². The minimum atomic E-state index is -0.0503. The van der Waals surface area contributed by atoms with E-state index in [9.17, 15) is 4.79 Å². The first-order chi connectivity index (χ1) is 8.04. The van der Waals surface area contributed by atoms with E-state index in [0.717, 1.165) is 5.69 Å². The zero-order valence-corrected chi connectivity index (χ0v) is 11.3. The minimum absolute atomic E-state index is 0.0503. The molecule has 0 saturated heterocycles. The Hall–Kier alpha value is -1.22. The van der Waals surface area contributed by atoms with E-state index < -0.39 is 0 Å². The third kappa shape index (κ3) is 4.27. The fourth-order valence-electron chi connectivity index (χ4n) is 1.35. The quantitative estimate of drug-likeness (QED) is 0.819. The Labute approximate surface area is 108 Å². The van der Waals surface area contributed by atoms with Crippen LogP contribution in [-0.2, 0) is 0 Å². The van der Waals surface area contributed by atoms with Crippen LogP contribution in [0, 0.1) is 5.92 Å². The second-order valence-electron chi connectivity index (χ2n) is 4.41. The highest BCUT2D eigenvalue weighted by Crippen LogP contribution is 2.13. The van der Waals surface area contributed by atoms with Crippen molar-refractivity contribution in [1.82, 2.24) is 5.32 Å². The number of rotatable bonds is 5. The molecule has 0 heterocycles. The molecule has 0 aliphatic heterocycles. The van der Waals surface area contributed by atoms with Gasteiger partial charge >= 0.3 is 0 Å². The van der Waals surface area contributed by atoms with Gasteiger partial charge in [0.05, 0.1) is 0 Å². The summed E-state index contributed by atoms with van der Waals surface area (Å²) in [7, 11) is 3.90. The molecule has 0 aromatic heterocycles. The monoisotopic (exact) mass is 254 g/mol. The molecule has 0 saturated carbocycles. The summed E-state index contributed by atoms with van der Waals surface area (Å²) in [6, 6.07) is 7.54. The van der Waals surface area contributed by atoms with Crippen molar-refractivity contribution in [1.29, 1.82) is 0 Å². The molecule has 0 spiro atoms. The van der Waals surface area contributed by atoms with Crippen LogP contribution in [0.15, 0.2) is 24.3 Å². The normalized spacial score (nSPS) is 12.0. The molecule has 3 nitrogen and oxygen atoms in total. The van der Waals surface area contributed by atoms with Crippen molar-refractivity contribution in [3.05, 3.63) is 29.8 Å². The Morgan fingerprint density at radius 1 is 1.47 bits per heavy atom. The first-order valence-electron chi connectivity index (χ1n) is 5.66. The molecule has 1 aromatic rings. The van der Waals surface area contributed by atoms with Crippen LogP contribution >= 0.6 is 11.6 Å². The number of amides is 1. The van der Waals surface area contributed by atoms with Gasteiger partial charge in [0.1, 0.15) is 0 Å². The van der Waals surface area contributed by atoms with Crippen LogP contribution in [0.3, 0.4) is 0 Å². The molecule has 94 valence electrons. The van der Waals surface area contributed by atoms with Gasteiger partial charge in [-0.05, 0) is 24.1 Å². The van der Waals surface area contributed by atoms with Crippen LogP contribution in [0.5, 0.6) is 0 Å². The predicted molar refractivity (Wildman–Crippen MR) is 73.0 cm³/mol. The van der Waals surface area contributed by atoms with E-state index in [1.807, 2.05) is 50.2 Å². The van der Waals surface area contributed by atoms with Crippen LogP contribution < -0.4 is 10.2 Å². The molecule has 1 atom stereocenters. The van der Waals surface area contributed by atoms with E-state index in [4.69, 9.17) is 11.6 Å². The lowest BCUT2D eigenvalue weighted by Gasteiger charge is -2.14. The lowest BCUT2D eigenvalue weighted by Crippen LogP contribution is -2.29. The van der Waals surface area contributed by atoms with Crippen molar-refractivity contribution >= 4 is 23.2 Å². The number of carbonyl (C=O) groups is 1. The van der Waals surface area contributed by atoms with Crippen molar-refractivity contribution in [3.8, 4) is 0 Å². The van der Waals surface area contributed by atoms with Gasteiger partial charge in [-0.2, -0.15) is 0 Å². The second-order valence-corrected chi connectivity index (χ2v) is 4.72. The summed E-state index contributed by atoms with van der Waals surface area (Å²) >= 11 is 5.69. The molecular weight excluding hydrogens is 236 g/mol. The van der Waals surface area contributed by atoms with Crippen LogP contribution in [-0.4, -0.2) is 32.4 Å². The first-order valence-corrected chi connectivity index (χ1v) is 6.19. The molecule has 0 bridgehead atoms. The molecule has 4 heteroatoms. The summed E-state index contributed by atoms with van der Waals surface area (Å²) in [6.45, 7) is 2.61. The molecular formula is C13H19ClN2O. The van der Waals surface area contributed by atoms with Gasteiger partial charge in [-0.1, -0.05) is 13.0 Å². The molecule has 1 rings (SSSR count). The molecule has 1 aromatic carbocycles. The lowest BCUT2D eigenvalue weighted by molar-refractivity contribution is 0.0949. The fraction of sp³-hybridized carbons (Fsp3) is 0.462. The topological polar surface area (TPSA) is 32.3 Å². The Morgan fingerprint density at radius 3 is 2.76 bits per heavy atom. The SMILES string of the molecule is CC(CCl)CNC(=O)c1cccc(N(C)C)c1. The van der Waals surface area contributed by atoms with E-state index in [0.29, 0.717) is 18.0 Å². The molecule has 0 aliphatic rings. The highest BCUT2D eigenvalue weighted by molar-refractivity contribution is 6.18. The largest absolute Gasteiger partial charge is 0.378 e. The highest BCUT2D eigenvalue weighted by Gasteiger charge is 2.08. The van der Waals surface area contributed by atoms with E-state index in [1.54, 1.807) is 0 Å². The Morgan fingerprint density at radius 2 is 2.18 bits per heavy atom. The van der Waals surface area contributed by atoms with Gasteiger partial charge in [0.15, 0.2) is 0 Å². The summed E-state index contributed by atoms with van der Waals surface area (Å²) in [6.07, 6.45) is 0. The molecule has 0 aliphatic carbocycles. The number of hydrogen-bond donors (Lipinski definition) is 1. The minimum Gasteiger partial charge on any atom is -0.378 e. The Bertz CT molecular complexity index is 379. The zero-order valence-electron chi connectivity index (χ0n) is 10.5. The van der Waals surface area contributed by atoms with Crippen LogP contribution in [0.4, 0.5) is 5.69 Å². The van der Waals surface area contributed by atoms with Gasteiger partial charge in [-0.3, -0.25) is 4.79 Å². The summed E-state index contributed by atoms with van der Waals surface area (Å²) in [4.78, 5) is 13.8. The predicted octanol–water partition coefficient (Wildman–Crippen LogP) is 2.36. The third-order valence-electron chi connectivity index (χ3n) is 2.50. The maximum Gasteiger partial charge on any atom is 0.251 e. The number of carbonyl (C=O) groups excluding carboxylic acids is 1. The summed E-state index contributed by atoms with van der Waals surface area (Å²) in [5, 5.41) is 2.87. The Kier molecular flexibility index (Phi) is 5.29. The van der Waals surface area contributed by atoms with Crippen LogP contribution in [0.2, 0.25) is 0 Å². The van der Waals surface area contributed by atoms with E-state index in [2.05, 4.69) is 5.32 Å². The average Bonchev–Trinajstić information content (AvgIpc) is 2.35. The maximum absolute atomic E-state index is 11.9. The smallest absolute Gasteiger partial charge is 0.251 e. The molecule has 0 radical (unpaired) electrons. The first kappa shape index (κ1) is 13.8. The lowest BCUT2D eigenvalue weighted by atomic mass is 10.1. The number of anilines is 1. The maximum atomic E-state index is 11.9. The molecule has 0 fully saturated rings. The van der Waals surface area contributed by atoms with E-state index in [-0.39, 0.29) is 11.8 Å². The zero-order chi connectivity index (χ0) is 12.8. The molecule has 1 N–H and O–H groups in total. The molecule has 1 unspecified atom stereocenters. The van der Waals surface area contributed by atoms with Crippen molar-refractivity contribution in [2.45, 2.75) is 6.92 Å². The standard InChI is InChI=1S/C13H19ClN2O/c1-10(8-14)9-15-13(17)11-5-4-6-12(7-11)16(2)3/h4-7,10H,8-9H2,1-3H3,(H,15,17). The van der Waals surface area contributed by atoms with E-state index in [1.165, 1.54) is 0 Å². The number of hydrogen-bond acceptors (Lipinski definition) is 2. The third-order valence-corrected chi connectivity index (χ3v) is 3.03. The molecule has 1 amide bonds. The van der Waals surface area contributed by atoms with Crippen LogP contribution in [0.1, 0.15) is 17.3 Å². The van der Waals surface area contributed by atoms with Gasteiger partial charge in [0, 0.05) is 37.8 Å². The van der Waals surface area contributed by atoms with Gasteiger partial charge in [0.2, 0.25) is 0 Å². The number of nitrogens with zero attached hydrogens (tertiary/aromatic N) is 1. The number of halogens is 1. The van der Waals surface area contributed by atoms with Crippen molar-refractivity contribution in [2.75, 3.05) is 31.4 Å². The number of alkyl halides is 1. The molecule has 17 heavy (non-hydrogen) atoms. The summed E-state index contributed by atoms with van der Waals surface area (Å²) in [5.74, 6) is 0.793. The fourth-order valence-corrected chi connectivity index (χ4v) is 1.46. The average molecular weight is 255 g/mol. The van der Waals surface area contributed by atoms with Crippen LogP contribution in [0.25, 0.3) is 0 Å². The van der Waals surface area contributed by atoms with Crippen molar-refractivity contribution < 1.29 is 4.79 Å². The van der Waals surface area contributed by atoms with Gasteiger partial charge in [-0.25, -0.2) is 0 Å². The second kappa shape index (κ2) is 6.50. The van der Waals surface area contributed by atoms with Gasteiger partial charge in [-0.15, -0.1) is 11.6 Å². The number of nitrogens with one attached hydrogen (secondary N) is 1.